The van der Waals surface area contributed by atoms with Gasteiger partial charge in [0, 0.05) is 23.9 Å². The SMILES string of the molecule is CNc1nc2c(s1)CCc1occc1-2. The van der Waals surface area contributed by atoms with Crippen LogP contribution in [0.1, 0.15) is 10.6 Å². The first-order valence-corrected chi connectivity index (χ1v) is 5.44. The van der Waals surface area contributed by atoms with E-state index in [0.29, 0.717) is 0 Å². The molecule has 0 amide bonds. The number of rotatable bonds is 1. The van der Waals surface area contributed by atoms with Crippen LogP contribution in [0.25, 0.3) is 11.3 Å². The number of hydrogen-bond acceptors (Lipinski definition) is 4. The van der Waals surface area contributed by atoms with Gasteiger partial charge in [0.05, 0.1) is 12.0 Å². The van der Waals surface area contributed by atoms with Crippen LogP contribution >= 0.6 is 11.3 Å². The molecule has 0 aromatic carbocycles. The molecule has 1 N–H and O–H groups in total. The molecular weight excluding hydrogens is 196 g/mol. The Hall–Kier alpha value is -1.29. The maximum Gasteiger partial charge on any atom is 0.183 e. The van der Waals surface area contributed by atoms with Gasteiger partial charge in [0.15, 0.2) is 5.13 Å². The van der Waals surface area contributed by atoms with Gasteiger partial charge in [-0.25, -0.2) is 4.98 Å². The summed E-state index contributed by atoms with van der Waals surface area (Å²) in [6, 6.07) is 2.01. The van der Waals surface area contributed by atoms with Gasteiger partial charge in [0.2, 0.25) is 0 Å². The lowest BCUT2D eigenvalue weighted by molar-refractivity contribution is 0.508. The van der Waals surface area contributed by atoms with Gasteiger partial charge in [0.1, 0.15) is 5.76 Å². The van der Waals surface area contributed by atoms with E-state index in [0.717, 1.165) is 29.4 Å². The number of aromatic nitrogens is 1. The third-order valence-electron chi connectivity index (χ3n) is 2.49. The maximum absolute atomic E-state index is 5.40. The third-order valence-corrected chi connectivity index (χ3v) is 3.62. The van der Waals surface area contributed by atoms with Crippen LogP contribution in [0, 0.1) is 0 Å². The molecule has 0 spiro atoms. The molecule has 1 aliphatic rings. The zero-order chi connectivity index (χ0) is 9.54. The molecule has 0 bridgehead atoms. The zero-order valence-corrected chi connectivity index (χ0v) is 8.65. The Labute approximate surface area is 85.8 Å². The van der Waals surface area contributed by atoms with Crippen molar-refractivity contribution in [1.82, 2.24) is 4.98 Å². The highest BCUT2D eigenvalue weighted by molar-refractivity contribution is 7.16. The third kappa shape index (κ3) is 1.00. The van der Waals surface area contributed by atoms with Crippen molar-refractivity contribution in [2.24, 2.45) is 0 Å². The highest BCUT2D eigenvalue weighted by Gasteiger charge is 2.22. The second kappa shape index (κ2) is 2.85. The normalized spacial score (nSPS) is 13.5. The van der Waals surface area contributed by atoms with Crippen molar-refractivity contribution in [1.29, 1.82) is 0 Å². The van der Waals surface area contributed by atoms with Crippen molar-refractivity contribution in [3.63, 3.8) is 0 Å². The Morgan fingerprint density at radius 2 is 2.43 bits per heavy atom. The predicted molar refractivity (Wildman–Crippen MR) is 56.8 cm³/mol. The van der Waals surface area contributed by atoms with Crippen LogP contribution in [0.2, 0.25) is 0 Å². The Balaban J connectivity index is 2.20. The smallest absolute Gasteiger partial charge is 0.183 e. The summed E-state index contributed by atoms with van der Waals surface area (Å²) in [4.78, 5) is 5.89. The Kier molecular flexibility index (Phi) is 1.64. The van der Waals surface area contributed by atoms with Gasteiger partial charge >= 0.3 is 0 Å². The number of fused-ring (bicyclic) bond motifs is 3. The Morgan fingerprint density at radius 1 is 1.50 bits per heavy atom. The second-order valence-electron chi connectivity index (χ2n) is 3.30. The van der Waals surface area contributed by atoms with E-state index in [2.05, 4.69) is 10.3 Å². The Bertz CT molecular complexity index is 472. The van der Waals surface area contributed by atoms with Gasteiger partial charge in [-0.15, -0.1) is 11.3 Å². The minimum atomic E-state index is 0.990. The van der Waals surface area contributed by atoms with Crippen molar-refractivity contribution < 1.29 is 4.42 Å². The summed E-state index contributed by atoms with van der Waals surface area (Å²) >= 11 is 1.74. The maximum atomic E-state index is 5.40. The van der Waals surface area contributed by atoms with Crippen LogP contribution < -0.4 is 5.32 Å². The van der Waals surface area contributed by atoms with Gasteiger partial charge in [0.25, 0.3) is 0 Å². The number of thiazole rings is 1. The lowest BCUT2D eigenvalue weighted by Gasteiger charge is -2.07. The molecule has 4 heteroatoms. The largest absolute Gasteiger partial charge is 0.469 e. The molecule has 2 aromatic heterocycles. The quantitative estimate of drug-likeness (QED) is 0.779. The van der Waals surface area contributed by atoms with Crippen molar-refractivity contribution in [3.05, 3.63) is 23.0 Å². The van der Waals surface area contributed by atoms with Crippen molar-refractivity contribution in [2.45, 2.75) is 12.8 Å². The number of nitrogens with one attached hydrogen (secondary N) is 1. The number of hydrogen-bond donors (Lipinski definition) is 1. The summed E-state index contributed by atoms with van der Waals surface area (Å²) < 4.78 is 5.40. The summed E-state index contributed by atoms with van der Waals surface area (Å²) in [6.45, 7) is 0. The van der Waals surface area contributed by atoms with Crippen LogP contribution in [-0.2, 0) is 12.8 Å². The molecule has 14 heavy (non-hydrogen) atoms. The molecule has 72 valence electrons. The fourth-order valence-electron chi connectivity index (χ4n) is 1.81. The van der Waals surface area contributed by atoms with Crippen LogP contribution in [0.15, 0.2) is 16.7 Å². The molecule has 0 saturated carbocycles. The molecule has 3 nitrogen and oxygen atoms in total. The summed E-state index contributed by atoms with van der Waals surface area (Å²) in [5, 5.41) is 4.07. The lowest BCUT2D eigenvalue weighted by Crippen LogP contribution is -1.98. The average molecular weight is 206 g/mol. The summed E-state index contributed by atoms with van der Waals surface area (Å²) in [7, 11) is 1.90. The van der Waals surface area contributed by atoms with E-state index in [-0.39, 0.29) is 0 Å². The van der Waals surface area contributed by atoms with E-state index in [9.17, 15) is 0 Å². The van der Waals surface area contributed by atoms with Gasteiger partial charge < -0.3 is 9.73 Å². The fraction of sp³-hybridized carbons (Fsp3) is 0.300. The van der Waals surface area contributed by atoms with E-state index in [1.807, 2.05) is 13.1 Å². The van der Waals surface area contributed by atoms with Gasteiger partial charge in [-0.05, 0) is 12.5 Å². The molecule has 0 saturated heterocycles. The first-order chi connectivity index (χ1) is 6.88. The molecule has 0 fully saturated rings. The molecule has 1 aliphatic carbocycles. The molecule has 0 atom stereocenters. The van der Waals surface area contributed by atoms with Crippen LogP contribution in [0.5, 0.6) is 0 Å². The molecule has 0 aliphatic heterocycles. The lowest BCUT2D eigenvalue weighted by atomic mass is 10.0. The molecule has 0 unspecified atom stereocenters. The summed E-state index contributed by atoms with van der Waals surface area (Å²) in [5.74, 6) is 1.07. The first-order valence-electron chi connectivity index (χ1n) is 4.62. The number of furan rings is 1. The average Bonchev–Trinajstić information content (AvgIpc) is 2.82. The topological polar surface area (TPSA) is 38.1 Å². The van der Waals surface area contributed by atoms with Crippen LogP contribution in [0.4, 0.5) is 5.13 Å². The number of anilines is 1. The molecule has 2 aromatic rings. The van der Waals surface area contributed by atoms with Gasteiger partial charge in [-0.3, -0.25) is 0 Å². The monoisotopic (exact) mass is 206 g/mol. The number of aryl methyl sites for hydroxylation is 2. The predicted octanol–water partition coefficient (Wildman–Crippen LogP) is 2.54. The second-order valence-corrected chi connectivity index (χ2v) is 4.38. The van der Waals surface area contributed by atoms with E-state index in [1.54, 1.807) is 17.6 Å². The van der Waals surface area contributed by atoms with Crippen LogP contribution in [0.3, 0.4) is 0 Å². The highest BCUT2D eigenvalue weighted by Crippen LogP contribution is 2.38. The minimum Gasteiger partial charge on any atom is -0.469 e. The van der Waals surface area contributed by atoms with Crippen molar-refractivity contribution in [3.8, 4) is 11.3 Å². The van der Waals surface area contributed by atoms with Gasteiger partial charge in [-0.2, -0.15) is 0 Å². The molecular formula is C10H10N2OS. The molecule has 2 heterocycles. The van der Waals surface area contributed by atoms with E-state index in [1.165, 1.54) is 10.4 Å². The molecule has 0 radical (unpaired) electrons. The molecule has 3 rings (SSSR count). The van der Waals surface area contributed by atoms with Gasteiger partial charge in [-0.1, -0.05) is 0 Å². The van der Waals surface area contributed by atoms with Crippen molar-refractivity contribution in [2.75, 3.05) is 12.4 Å². The zero-order valence-electron chi connectivity index (χ0n) is 7.83. The summed E-state index contributed by atoms with van der Waals surface area (Å²) in [6.07, 6.45) is 3.80. The first kappa shape index (κ1) is 8.05. The minimum absolute atomic E-state index is 0.990. The standard InChI is InChI=1S/C10H10N2OS/c1-11-10-12-9-6-4-5-13-7(6)2-3-8(9)14-10/h4-5H,2-3H2,1H3,(H,11,12). The Morgan fingerprint density at radius 3 is 3.29 bits per heavy atom. The highest BCUT2D eigenvalue weighted by atomic mass is 32.1. The number of nitrogens with zero attached hydrogens (tertiary/aromatic N) is 1. The summed E-state index contributed by atoms with van der Waals surface area (Å²) in [5.41, 5.74) is 2.28. The van der Waals surface area contributed by atoms with Crippen molar-refractivity contribution >= 4 is 16.5 Å². The van der Waals surface area contributed by atoms with E-state index < -0.39 is 0 Å². The van der Waals surface area contributed by atoms with E-state index in [4.69, 9.17) is 4.42 Å². The fourth-order valence-corrected chi connectivity index (χ4v) is 2.74. The van der Waals surface area contributed by atoms with E-state index >= 15 is 0 Å². The van der Waals surface area contributed by atoms with Crippen LogP contribution in [-0.4, -0.2) is 12.0 Å².